The maximum Gasteiger partial charge on any atom is 0.277 e. The van der Waals surface area contributed by atoms with Gasteiger partial charge in [-0.2, -0.15) is 0 Å². The van der Waals surface area contributed by atoms with Crippen molar-refractivity contribution in [2.45, 2.75) is 23.4 Å². The molecule has 0 saturated heterocycles. The molecule has 2 aromatic heterocycles. The molecule has 29 heavy (non-hydrogen) atoms. The third-order valence-corrected chi connectivity index (χ3v) is 6.13. The van der Waals surface area contributed by atoms with Crippen LogP contribution in [0.2, 0.25) is 0 Å². The molecule has 0 bridgehead atoms. The molecule has 0 spiro atoms. The highest BCUT2D eigenvalue weighted by Crippen LogP contribution is 2.29. The van der Waals surface area contributed by atoms with Crippen LogP contribution in [-0.2, 0) is 4.79 Å². The number of rotatable bonds is 7. The Bertz CT molecular complexity index is 1010. The third kappa shape index (κ3) is 4.75. The second-order valence-corrected chi connectivity index (χ2v) is 8.61. The average molecular weight is 422 g/mol. The summed E-state index contributed by atoms with van der Waals surface area (Å²) in [5, 5.41) is 13.2. The first-order valence-corrected chi connectivity index (χ1v) is 10.9. The van der Waals surface area contributed by atoms with E-state index in [1.807, 2.05) is 85.1 Å². The van der Waals surface area contributed by atoms with E-state index >= 15 is 0 Å². The first kappa shape index (κ1) is 19.4. The maximum atomic E-state index is 12.9. The Hall–Kier alpha value is -2.90. The minimum Gasteiger partial charge on any atom is -0.410 e. The average Bonchev–Trinajstić information content (AvgIpc) is 3.45. The van der Waals surface area contributed by atoms with E-state index in [1.54, 1.807) is 0 Å². The van der Waals surface area contributed by atoms with Crippen LogP contribution >= 0.6 is 23.1 Å². The summed E-state index contributed by atoms with van der Waals surface area (Å²) in [7, 11) is 0. The number of thiophene rings is 1. The largest absolute Gasteiger partial charge is 0.410 e. The molecule has 4 rings (SSSR count). The van der Waals surface area contributed by atoms with E-state index in [0.29, 0.717) is 11.1 Å². The highest BCUT2D eigenvalue weighted by atomic mass is 32.2. The van der Waals surface area contributed by atoms with Gasteiger partial charge in [-0.25, -0.2) is 0 Å². The SMILES string of the molecule is CC(Sc1nnc(-c2cccs2)o1)C(=O)NC(c1ccccc1)c1ccccc1. The standard InChI is InChI=1S/C22H19N3O2S2/c1-15(29-22-25-24-21(27-22)18-13-8-14-28-18)20(26)23-19(16-9-4-2-5-10-16)17-11-6-3-7-12-17/h2-15,19H,1H3,(H,23,26). The molecule has 5 nitrogen and oxygen atoms in total. The number of thioether (sulfide) groups is 1. The van der Waals surface area contributed by atoms with E-state index in [2.05, 4.69) is 15.5 Å². The van der Waals surface area contributed by atoms with Crippen molar-refractivity contribution in [1.29, 1.82) is 0 Å². The number of hydrogen-bond acceptors (Lipinski definition) is 6. The first-order chi connectivity index (χ1) is 14.2. The van der Waals surface area contributed by atoms with Gasteiger partial charge >= 0.3 is 0 Å². The fourth-order valence-corrected chi connectivity index (χ4v) is 4.21. The molecule has 7 heteroatoms. The van der Waals surface area contributed by atoms with Gasteiger partial charge in [-0.15, -0.1) is 21.5 Å². The Kier molecular flexibility index (Phi) is 6.07. The van der Waals surface area contributed by atoms with Crippen LogP contribution in [0.15, 0.2) is 87.8 Å². The topological polar surface area (TPSA) is 68.0 Å². The normalized spacial score (nSPS) is 12.1. The lowest BCUT2D eigenvalue weighted by Gasteiger charge is -2.21. The van der Waals surface area contributed by atoms with Crippen LogP contribution in [-0.4, -0.2) is 21.4 Å². The number of amides is 1. The summed E-state index contributed by atoms with van der Waals surface area (Å²) in [6.07, 6.45) is 0. The Morgan fingerprint density at radius 3 is 2.21 bits per heavy atom. The van der Waals surface area contributed by atoms with Crippen LogP contribution < -0.4 is 5.32 Å². The predicted octanol–water partition coefficient (Wildman–Crippen LogP) is 5.18. The van der Waals surface area contributed by atoms with Gasteiger partial charge in [0.1, 0.15) is 0 Å². The fourth-order valence-electron chi connectivity index (χ4n) is 2.87. The van der Waals surface area contributed by atoms with E-state index < -0.39 is 0 Å². The smallest absolute Gasteiger partial charge is 0.277 e. The van der Waals surface area contributed by atoms with Crippen molar-refractivity contribution in [3.05, 3.63) is 89.3 Å². The third-order valence-electron chi connectivity index (χ3n) is 4.34. The van der Waals surface area contributed by atoms with Gasteiger partial charge in [0.25, 0.3) is 11.1 Å². The Morgan fingerprint density at radius 2 is 1.62 bits per heavy atom. The lowest BCUT2D eigenvalue weighted by molar-refractivity contribution is -0.120. The zero-order valence-electron chi connectivity index (χ0n) is 15.7. The summed E-state index contributed by atoms with van der Waals surface area (Å²) in [6.45, 7) is 1.84. The van der Waals surface area contributed by atoms with E-state index in [-0.39, 0.29) is 17.2 Å². The number of nitrogens with one attached hydrogen (secondary N) is 1. The summed E-state index contributed by atoms with van der Waals surface area (Å²) in [5.74, 6) is 0.380. The molecule has 1 atom stereocenters. The number of carbonyl (C=O) groups is 1. The quantitative estimate of drug-likeness (QED) is 0.416. The van der Waals surface area contributed by atoms with Gasteiger partial charge in [-0.1, -0.05) is 78.5 Å². The molecule has 1 unspecified atom stereocenters. The highest BCUT2D eigenvalue weighted by molar-refractivity contribution is 8.00. The zero-order chi connectivity index (χ0) is 20.1. The van der Waals surface area contributed by atoms with Crippen molar-refractivity contribution in [1.82, 2.24) is 15.5 Å². The molecule has 0 saturated carbocycles. The monoisotopic (exact) mass is 421 g/mol. The number of hydrogen-bond donors (Lipinski definition) is 1. The minimum atomic E-state index is -0.387. The Balaban J connectivity index is 1.47. The molecule has 2 heterocycles. The van der Waals surface area contributed by atoms with Gasteiger partial charge in [0, 0.05) is 0 Å². The second kappa shape index (κ2) is 9.07. The van der Waals surface area contributed by atoms with Crippen molar-refractivity contribution in [3.63, 3.8) is 0 Å². The van der Waals surface area contributed by atoms with Gasteiger partial charge in [0.15, 0.2) is 0 Å². The molecule has 4 aromatic rings. The van der Waals surface area contributed by atoms with Crippen LogP contribution in [0.3, 0.4) is 0 Å². The Morgan fingerprint density at radius 1 is 0.966 bits per heavy atom. The summed E-state index contributed by atoms with van der Waals surface area (Å²) in [5.41, 5.74) is 2.06. The van der Waals surface area contributed by atoms with Crippen molar-refractivity contribution in [2.24, 2.45) is 0 Å². The number of aromatic nitrogens is 2. The fraction of sp³-hybridized carbons (Fsp3) is 0.136. The molecule has 0 aliphatic carbocycles. The number of benzene rings is 2. The number of carbonyl (C=O) groups excluding carboxylic acids is 1. The van der Waals surface area contributed by atoms with Gasteiger partial charge in [0.2, 0.25) is 5.91 Å². The first-order valence-electron chi connectivity index (χ1n) is 9.15. The molecule has 1 amide bonds. The van der Waals surface area contributed by atoms with Crippen LogP contribution in [0.5, 0.6) is 0 Å². The summed E-state index contributed by atoms with van der Waals surface area (Å²) < 4.78 is 5.69. The molecule has 0 aliphatic rings. The molecule has 0 fully saturated rings. The van der Waals surface area contributed by atoms with Gasteiger partial charge < -0.3 is 9.73 Å². The molecule has 146 valence electrons. The van der Waals surface area contributed by atoms with Crippen molar-refractivity contribution in [2.75, 3.05) is 0 Å². The van der Waals surface area contributed by atoms with Crippen molar-refractivity contribution in [3.8, 4) is 10.8 Å². The van der Waals surface area contributed by atoms with Crippen molar-refractivity contribution < 1.29 is 9.21 Å². The van der Waals surface area contributed by atoms with Gasteiger partial charge in [-0.3, -0.25) is 4.79 Å². The lowest BCUT2D eigenvalue weighted by Crippen LogP contribution is -2.34. The summed E-state index contributed by atoms with van der Waals surface area (Å²) in [6, 6.07) is 23.5. The Labute approximate surface area is 177 Å². The second-order valence-electron chi connectivity index (χ2n) is 6.37. The molecular formula is C22H19N3O2S2. The highest BCUT2D eigenvalue weighted by Gasteiger charge is 2.23. The molecule has 2 aromatic carbocycles. The molecule has 0 aliphatic heterocycles. The van der Waals surface area contributed by atoms with Crippen LogP contribution in [0.1, 0.15) is 24.1 Å². The maximum absolute atomic E-state index is 12.9. The van der Waals surface area contributed by atoms with Gasteiger partial charge in [0.05, 0.1) is 16.2 Å². The molecule has 1 N–H and O–H groups in total. The van der Waals surface area contributed by atoms with Crippen molar-refractivity contribution >= 4 is 29.0 Å². The molecular weight excluding hydrogens is 402 g/mol. The minimum absolute atomic E-state index is 0.0939. The van der Waals surface area contributed by atoms with Crippen LogP contribution in [0.4, 0.5) is 0 Å². The van der Waals surface area contributed by atoms with Crippen LogP contribution in [0.25, 0.3) is 10.8 Å². The zero-order valence-corrected chi connectivity index (χ0v) is 17.3. The van der Waals surface area contributed by atoms with E-state index in [0.717, 1.165) is 16.0 Å². The van der Waals surface area contributed by atoms with E-state index in [9.17, 15) is 4.79 Å². The van der Waals surface area contributed by atoms with E-state index in [1.165, 1.54) is 23.1 Å². The summed E-state index contributed by atoms with van der Waals surface area (Å²) >= 11 is 2.79. The molecule has 0 radical (unpaired) electrons. The summed E-state index contributed by atoms with van der Waals surface area (Å²) in [4.78, 5) is 13.8. The van der Waals surface area contributed by atoms with E-state index in [4.69, 9.17) is 4.42 Å². The lowest BCUT2D eigenvalue weighted by atomic mass is 9.98. The number of nitrogens with zero attached hydrogens (tertiary/aromatic N) is 2. The van der Waals surface area contributed by atoms with Gasteiger partial charge in [-0.05, 0) is 29.5 Å². The van der Waals surface area contributed by atoms with Crippen LogP contribution in [0, 0.1) is 0 Å². The predicted molar refractivity (Wildman–Crippen MR) is 116 cm³/mol.